The monoisotopic (exact) mass is 304 g/mol. The second-order valence-corrected chi connectivity index (χ2v) is 5.48. The van der Waals surface area contributed by atoms with Gasteiger partial charge in [-0.05, 0) is 54.8 Å². The molecule has 0 radical (unpaired) electrons. The average molecular weight is 305 g/mol. The fraction of sp³-hybridized carbons (Fsp3) is 0.353. The highest BCUT2D eigenvalue weighted by Crippen LogP contribution is 2.28. The zero-order valence-electron chi connectivity index (χ0n) is 12.7. The lowest BCUT2D eigenvalue weighted by Crippen LogP contribution is -2.24. The molecule has 1 atom stereocenters. The smallest absolute Gasteiger partial charge is 0.137 e. The van der Waals surface area contributed by atoms with Gasteiger partial charge in [0.15, 0.2) is 0 Å². The number of nitrogens with zero attached hydrogens (tertiary/aromatic N) is 1. The minimum absolute atomic E-state index is 0.0878. The van der Waals surface area contributed by atoms with E-state index in [1.54, 1.807) is 13.3 Å². The third-order valence-corrected chi connectivity index (χ3v) is 3.68. The van der Waals surface area contributed by atoms with E-state index in [2.05, 4.69) is 30.2 Å². The van der Waals surface area contributed by atoms with Crippen LogP contribution in [-0.4, -0.2) is 18.6 Å². The highest BCUT2D eigenvalue weighted by Gasteiger charge is 2.16. The number of aromatic nitrogens is 1. The van der Waals surface area contributed by atoms with Crippen LogP contribution in [0.15, 0.2) is 36.7 Å². The Balaban J connectivity index is 2.41. The van der Waals surface area contributed by atoms with E-state index in [1.165, 1.54) is 11.1 Å². The molecule has 112 valence electrons. The molecular weight excluding hydrogens is 284 g/mol. The summed E-state index contributed by atoms with van der Waals surface area (Å²) in [7, 11) is 1.66. The van der Waals surface area contributed by atoms with E-state index in [-0.39, 0.29) is 6.04 Å². The van der Waals surface area contributed by atoms with Crippen molar-refractivity contribution in [2.75, 3.05) is 13.7 Å². The van der Waals surface area contributed by atoms with E-state index in [4.69, 9.17) is 16.3 Å². The van der Waals surface area contributed by atoms with Crippen LogP contribution in [0, 0.1) is 6.92 Å². The summed E-state index contributed by atoms with van der Waals surface area (Å²) in [5.41, 5.74) is 3.47. The fourth-order valence-corrected chi connectivity index (χ4v) is 2.59. The minimum atomic E-state index is 0.0878. The van der Waals surface area contributed by atoms with Gasteiger partial charge in [-0.25, -0.2) is 0 Å². The fourth-order valence-electron chi connectivity index (χ4n) is 2.36. The minimum Gasteiger partial charge on any atom is -0.495 e. The third kappa shape index (κ3) is 3.96. The summed E-state index contributed by atoms with van der Waals surface area (Å²) in [6.07, 6.45) is 4.67. The number of methoxy groups -OCH3 is 1. The van der Waals surface area contributed by atoms with Crippen molar-refractivity contribution in [3.05, 3.63) is 58.4 Å². The quantitative estimate of drug-likeness (QED) is 0.871. The van der Waals surface area contributed by atoms with E-state index in [9.17, 15) is 0 Å². The molecule has 2 rings (SSSR count). The third-order valence-electron chi connectivity index (χ3n) is 3.44. The lowest BCUT2D eigenvalue weighted by molar-refractivity contribution is 0.411. The van der Waals surface area contributed by atoms with Crippen molar-refractivity contribution in [2.24, 2.45) is 0 Å². The van der Waals surface area contributed by atoms with E-state index in [1.807, 2.05) is 24.4 Å². The van der Waals surface area contributed by atoms with Crippen molar-refractivity contribution < 1.29 is 4.74 Å². The maximum absolute atomic E-state index is 6.07. The number of nitrogens with one attached hydrogen (secondary N) is 1. The van der Waals surface area contributed by atoms with Crippen LogP contribution >= 0.6 is 11.6 Å². The number of aryl methyl sites for hydroxylation is 1. The summed E-state index contributed by atoms with van der Waals surface area (Å²) >= 11 is 6.07. The molecule has 0 fully saturated rings. The van der Waals surface area contributed by atoms with Crippen LogP contribution in [0.2, 0.25) is 5.02 Å². The first-order chi connectivity index (χ1) is 10.2. The van der Waals surface area contributed by atoms with Crippen molar-refractivity contribution in [3.63, 3.8) is 0 Å². The van der Waals surface area contributed by atoms with Crippen molar-refractivity contribution >= 4 is 11.6 Å². The van der Waals surface area contributed by atoms with Gasteiger partial charge in [-0.2, -0.15) is 0 Å². The van der Waals surface area contributed by atoms with Crippen molar-refractivity contribution in [1.29, 1.82) is 0 Å². The Hall–Kier alpha value is -1.58. The standard InChI is InChI=1S/C17H21ClN2O/c1-4-7-20-17(13-9-15(21-3)11-19-10-13)16-6-5-14(18)8-12(16)2/h5-6,8-11,17,20H,4,7H2,1-3H3. The number of rotatable bonds is 6. The summed E-state index contributed by atoms with van der Waals surface area (Å²) in [5, 5.41) is 4.33. The van der Waals surface area contributed by atoms with Crippen LogP contribution < -0.4 is 10.1 Å². The summed E-state index contributed by atoms with van der Waals surface area (Å²) in [4.78, 5) is 4.27. The molecule has 0 aliphatic carbocycles. The van der Waals surface area contributed by atoms with Gasteiger partial charge in [0.1, 0.15) is 5.75 Å². The maximum atomic E-state index is 6.07. The van der Waals surface area contributed by atoms with Gasteiger partial charge in [0.2, 0.25) is 0 Å². The predicted molar refractivity (Wildman–Crippen MR) is 87.1 cm³/mol. The van der Waals surface area contributed by atoms with Gasteiger partial charge in [-0.15, -0.1) is 0 Å². The SMILES string of the molecule is CCCNC(c1cncc(OC)c1)c1ccc(Cl)cc1C. The van der Waals surface area contributed by atoms with E-state index in [0.29, 0.717) is 0 Å². The summed E-state index contributed by atoms with van der Waals surface area (Å²) in [6, 6.07) is 8.10. The Morgan fingerprint density at radius 3 is 2.76 bits per heavy atom. The van der Waals surface area contributed by atoms with Gasteiger partial charge in [0, 0.05) is 11.2 Å². The lowest BCUT2D eigenvalue weighted by atomic mass is 9.96. The highest BCUT2D eigenvalue weighted by atomic mass is 35.5. The van der Waals surface area contributed by atoms with Crippen LogP contribution in [0.4, 0.5) is 0 Å². The van der Waals surface area contributed by atoms with E-state index >= 15 is 0 Å². The van der Waals surface area contributed by atoms with Gasteiger partial charge < -0.3 is 10.1 Å². The highest BCUT2D eigenvalue weighted by molar-refractivity contribution is 6.30. The largest absolute Gasteiger partial charge is 0.495 e. The summed E-state index contributed by atoms with van der Waals surface area (Å²) in [5.74, 6) is 0.766. The average Bonchev–Trinajstić information content (AvgIpc) is 2.49. The molecule has 1 N–H and O–H groups in total. The molecule has 0 aliphatic heterocycles. The van der Waals surface area contributed by atoms with Crippen LogP contribution in [0.5, 0.6) is 5.75 Å². The molecule has 21 heavy (non-hydrogen) atoms. The molecule has 0 bridgehead atoms. The Morgan fingerprint density at radius 1 is 1.29 bits per heavy atom. The molecule has 1 aromatic carbocycles. The van der Waals surface area contributed by atoms with Gasteiger partial charge in [-0.3, -0.25) is 4.98 Å². The Bertz CT molecular complexity index is 601. The van der Waals surface area contributed by atoms with Crippen molar-refractivity contribution in [3.8, 4) is 5.75 Å². The predicted octanol–water partition coefficient (Wildman–Crippen LogP) is 4.14. The first-order valence-electron chi connectivity index (χ1n) is 7.14. The molecule has 3 nitrogen and oxygen atoms in total. The molecule has 0 saturated heterocycles. The van der Waals surface area contributed by atoms with Gasteiger partial charge in [0.25, 0.3) is 0 Å². The number of ether oxygens (including phenoxy) is 1. The topological polar surface area (TPSA) is 34.2 Å². The summed E-state index contributed by atoms with van der Waals surface area (Å²) in [6.45, 7) is 5.17. The zero-order valence-corrected chi connectivity index (χ0v) is 13.4. The van der Waals surface area contributed by atoms with Crippen LogP contribution in [0.3, 0.4) is 0 Å². The van der Waals surface area contributed by atoms with Crippen LogP contribution in [0.1, 0.15) is 36.1 Å². The molecule has 2 aromatic rings. The number of benzene rings is 1. The van der Waals surface area contributed by atoms with Crippen LogP contribution in [0.25, 0.3) is 0 Å². The van der Waals surface area contributed by atoms with Gasteiger partial charge in [0.05, 0.1) is 19.3 Å². The molecule has 0 aliphatic rings. The molecule has 4 heteroatoms. The Labute approximate surface area is 131 Å². The Morgan fingerprint density at radius 2 is 2.10 bits per heavy atom. The lowest BCUT2D eigenvalue weighted by Gasteiger charge is -2.21. The normalized spacial score (nSPS) is 12.2. The molecule has 0 spiro atoms. The molecule has 1 aromatic heterocycles. The number of halogens is 1. The number of pyridine rings is 1. The first kappa shape index (κ1) is 15.8. The molecule has 1 unspecified atom stereocenters. The molecule has 0 saturated carbocycles. The maximum Gasteiger partial charge on any atom is 0.137 e. The first-order valence-corrected chi connectivity index (χ1v) is 7.52. The van der Waals surface area contributed by atoms with Gasteiger partial charge in [-0.1, -0.05) is 24.6 Å². The second-order valence-electron chi connectivity index (χ2n) is 5.05. The molecular formula is C17H21ClN2O. The summed E-state index contributed by atoms with van der Waals surface area (Å²) < 4.78 is 5.28. The number of hydrogen-bond donors (Lipinski definition) is 1. The van der Waals surface area contributed by atoms with E-state index in [0.717, 1.165) is 29.3 Å². The van der Waals surface area contributed by atoms with Gasteiger partial charge >= 0.3 is 0 Å². The van der Waals surface area contributed by atoms with Crippen molar-refractivity contribution in [2.45, 2.75) is 26.3 Å². The van der Waals surface area contributed by atoms with Crippen LogP contribution in [-0.2, 0) is 0 Å². The Kier molecular flexibility index (Phi) is 5.59. The van der Waals surface area contributed by atoms with Crippen molar-refractivity contribution in [1.82, 2.24) is 10.3 Å². The second kappa shape index (κ2) is 7.43. The molecule has 1 heterocycles. The molecule has 0 amide bonds. The zero-order chi connectivity index (χ0) is 15.2. The number of hydrogen-bond acceptors (Lipinski definition) is 3. The van der Waals surface area contributed by atoms with E-state index < -0.39 is 0 Å².